The molecule has 1 aliphatic rings. The van der Waals surface area contributed by atoms with Crippen LogP contribution in [-0.2, 0) is 13.1 Å². The Balaban J connectivity index is 1.40. The van der Waals surface area contributed by atoms with Gasteiger partial charge in [-0.15, -0.1) is 0 Å². The van der Waals surface area contributed by atoms with Crippen molar-refractivity contribution < 1.29 is 9.59 Å². The van der Waals surface area contributed by atoms with Crippen LogP contribution < -0.4 is 21.7 Å². The molecule has 4 rings (SSSR count). The van der Waals surface area contributed by atoms with Crippen LogP contribution in [0.5, 0.6) is 0 Å². The molecule has 3 amide bonds. The number of aromatic nitrogens is 2. The molecule has 0 radical (unpaired) electrons. The number of nitrogens with one attached hydrogen (secondary N) is 3. The fraction of sp³-hybridized carbons (Fsp3) is 0.250. The van der Waals surface area contributed by atoms with Crippen molar-refractivity contribution in [1.29, 1.82) is 0 Å². The third-order valence-corrected chi connectivity index (χ3v) is 5.52. The summed E-state index contributed by atoms with van der Waals surface area (Å²) in [4.78, 5) is 32.6. The van der Waals surface area contributed by atoms with E-state index in [0.717, 1.165) is 29.7 Å². The summed E-state index contributed by atoms with van der Waals surface area (Å²) in [5, 5.41) is 9.04. The number of amides is 3. The highest BCUT2D eigenvalue weighted by atomic mass is 16.2. The molecule has 0 saturated heterocycles. The maximum atomic E-state index is 12.1. The van der Waals surface area contributed by atoms with Crippen molar-refractivity contribution in [3.8, 4) is 11.3 Å². The molecule has 1 fully saturated rings. The number of anilines is 1. The second kappa shape index (κ2) is 10.0. The van der Waals surface area contributed by atoms with Crippen LogP contribution in [0.2, 0.25) is 0 Å². The first-order valence-electron chi connectivity index (χ1n) is 10.7. The molecule has 1 aromatic carbocycles. The van der Waals surface area contributed by atoms with Crippen molar-refractivity contribution in [3.05, 3.63) is 77.7 Å². The van der Waals surface area contributed by atoms with Crippen molar-refractivity contribution in [2.75, 3.05) is 5.32 Å². The SMILES string of the molecule is NC(=O)c1ccc(-c2ccc(NC(=O)NCc3cccnc3)cc2)nc1CNC1CCC1. The van der Waals surface area contributed by atoms with Crippen LogP contribution >= 0.6 is 0 Å². The van der Waals surface area contributed by atoms with Gasteiger partial charge in [-0.25, -0.2) is 4.79 Å². The number of hydrogen-bond donors (Lipinski definition) is 4. The molecule has 0 spiro atoms. The molecule has 2 aromatic heterocycles. The van der Waals surface area contributed by atoms with Crippen molar-refractivity contribution in [2.45, 2.75) is 38.4 Å². The molecule has 5 N–H and O–H groups in total. The highest BCUT2D eigenvalue weighted by Gasteiger charge is 2.18. The molecule has 32 heavy (non-hydrogen) atoms. The normalized spacial score (nSPS) is 13.2. The van der Waals surface area contributed by atoms with Crippen LogP contribution in [-0.4, -0.2) is 27.9 Å². The van der Waals surface area contributed by atoms with Crippen LogP contribution in [0.4, 0.5) is 10.5 Å². The zero-order chi connectivity index (χ0) is 22.3. The first-order valence-corrected chi connectivity index (χ1v) is 10.7. The summed E-state index contributed by atoms with van der Waals surface area (Å²) in [5.74, 6) is -0.480. The average Bonchev–Trinajstić information content (AvgIpc) is 2.78. The molecule has 8 nitrogen and oxygen atoms in total. The van der Waals surface area contributed by atoms with E-state index in [1.54, 1.807) is 24.5 Å². The highest BCUT2D eigenvalue weighted by molar-refractivity contribution is 5.94. The van der Waals surface area contributed by atoms with E-state index in [2.05, 4.69) is 25.9 Å². The second-order valence-electron chi connectivity index (χ2n) is 7.81. The smallest absolute Gasteiger partial charge is 0.319 e. The predicted molar refractivity (Wildman–Crippen MR) is 123 cm³/mol. The van der Waals surface area contributed by atoms with Gasteiger partial charge in [0.15, 0.2) is 0 Å². The minimum absolute atomic E-state index is 0.296. The van der Waals surface area contributed by atoms with E-state index in [-0.39, 0.29) is 6.03 Å². The van der Waals surface area contributed by atoms with E-state index in [1.165, 1.54) is 6.42 Å². The van der Waals surface area contributed by atoms with Gasteiger partial charge >= 0.3 is 6.03 Å². The number of carbonyl (C=O) groups is 2. The van der Waals surface area contributed by atoms with Gasteiger partial charge in [0.2, 0.25) is 0 Å². The Morgan fingerprint density at radius 3 is 2.50 bits per heavy atom. The fourth-order valence-corrected chi connectivity index (χ4v) is 3.46. The van der Waals surface area contributed by atoms with Crippen LogP contribution in [0.1, 0.15) is 40.9 Å². The lowest BCUT2D eigenvalue weighted by atomic mass is 9.93. The van der Waals surface area contributed by atoms with E-state index in [0.29, 0.717) is 36.1 Å². The van der Waals surface area contributed by atoms with Crippen LogP contribution in [0, 0.1) is 0 Å². The average molecular weight is 431 g/mol. The molecular weight excluding hydrogens is 404 g/mol. The summed E-state index contributed by atoms with van der Waals surface area (Å²) in [6.07, 6.45) is 6.93. The summed E-state index contributed by atoms with van der Waals surface area (Å²) in [6.45, 7) is 0.902. The van der Waals surface area contributed by atoms with E-state index in [4.69, 9.17) is 5.73 Å². The van der Waals surface area contributed by atoms with Gasteiger partial charge < -0.3 is 21.7 Å². The summed E-state index contributed by atoms with van der Waals surface area (Å²) in [5.41, 5.74) is 9.83. The maximum absolute atomic E-state index is 12.1. The van der Waals surface area contributed by atoms with E-state index >= 15 is 0 Å². The molecule has 2 heterocycles. The fourth-order valence-electron chi connectivity index (χ4n) is 3.46. The van der Waals surface area contributed by atoms with Gasteiger partial charge in [0.1, 0.15) is 0 Å². The number of benzene rings is 1. The van der Waals surface area contributed by atoms with Gasteiger partial charge in [0.05, 0.1) is 17.0 Å². The number of nitrogens with two attached hydrogens (primary N) is 1. The number of nitrogens with zero attached hydrogens (tertiary/aromatic N) is 2. The largest absolute Gasteiger partial charge is 0.366 e. The van der Waals surface area contributed by atoms with Crippen molar-refractivity contribution in [2.24, 2.45) is 5.73 Å². The van der Waals surface area contributed by atoms with Gasteiger partial charge in [-0.3, -0.25) is 14.8 Å². The van der Waals surface area contributed by atoms with Gasteiger partial charge in [0, 0.05) is 42.8 Å². The molecule has 0 bridgehead atoms. The Hall–Kier alpha value is -3.78. The zero-order valence-electron chi connectivity index (χ0n) is 17.7. The molecule has 0 atom stereocenters. The molecule has 164 valence electrons. The molecule has 0 unspecified atom stereocenters. The van der Waals surface area contributed by atoms with E-state index in [9.17, 15) is 9.59 Å². The third-order valence-electron chi connectivity index (χ3n) is 5.52. The Labute approximate surface area is 186 Å². The summed E-state index contributed by atoms with van der Waals surface area (Å²) in [7, 11) is 0. The standard InChI is InChI=1S/C24H26N6O2/c25-23(31)20-10-11-21(30-22(20)15-27-18-4-1-5-18)17-6-8-19(9-7-17)29-24(32)28-14-16-3-2-12-26-13-16/h2-3,6-13,18,27H,1,4-5,14-15H2,(H2,25,31)(H2,28,29,32). The van der Waals surface area contributed by atoms with Gasteiger partial charge in [-0.05, 0) is 48.7 Å². The topological polar surface area (TPSA) is 122 Å². The van der Waals surface area contributed by atoms with E-state index < -0.39 is 5.91 Å². The number of hydrogen-bond acceptors (Lipinski definition) is 5. The minimum Gasteiger partial charge on any atom is -0.366 e. The predicted octanol–water partition coefficient (Wildman–Crippen LogP) is 3.21. The molecule has 8 heteroatoms. The number of urea groups is 1. The van der Waals surface area contributed by atoms with Gasteiger partial charge in [-0.2, -0.15) is 0 Å². The van der Waals surface area contributed by atoms with Gasteiger partial charge in [0.25, 0.3) is 5.91 Å². The third kappa shape index (κ3) is 5.47. The Kier molecular flexibility index (Phi) is 6.72. The lowest BCUT2D eigenvalue weighted by Crippen LogP contribution is -2.35. The summed E-state index contributed by atoms with van der Waals surface area (Å²) >= 11 is 0. The van der Waals surface area contributed by atoms with Crippen molar-refractivity contribution >= 4 is 17.6 Å². The maximum Gasteiger partial charge on any atom is 0.319 e. The molecule has 0 aliphatic heterocycles. The van der Waals surface area contributed by atoms with Crippen LogP contribution in [0.3, 0.4) is 0 Å². The molecule has 3 aromatic rings. The lowest BCUT2D eigenvalue weighted by molar-refractivity contribution is 0.0998. The zero-order valence-corrected chi connectivity index (χ0v) is 17.7. The first kappa shape index (κ1) is 21.5. The van der Waals surface area contributed by atoms with E-state index in [1.807, 2.05) is 36.4 Å². The lowest BCUT2D eigenvalue weighted by Gasteiger charge is -2.26. The van der Waals surface area contributed by atoms with Crippen LogP contribution in [0.25, 0.3) is 11.3 Å². The van der Waals surface area contributed by atoms with Crippen molar-refractivity contribution in [3.63, 3.8) is 0 Å². The van der Waals surface area contributed by atoms with Gasteiger partial charge in [-0.1, -0.05) is 24.6 Å². The highest BCUT2D eigenvalue weighted by Crippen LogP contribution is 2.23. The number of rotatable bonds is 8. The Morgan fingerprint density at radius 2 is 1.84 bits per heavy atom. The second-order valence-corrected chi connectivity index (χ2v) is 7.81. The minimum atomic E-state index is -0.480. The number of carbonyl (C=O) groups excluding carboxylic acids is 2. The number of pyridine rings is 2. The molecule has 1 saturated carbocycles. The Bertz CT molecular complexity index is 1080. The first-order chi connectivity index (χ1) is 15.6. The molecular formula is C24H26N6O2. The number of primary amides is 1. The quantitative estimate of drug-likeness (QED) is 0.437. The molecule has 1 aliphatic carbocycles. The Morgan fingerprint density at radius 1 is 1.03 bits per heavy atom. The summed E-state index contributed by atoms with van der Waals surface area (Å²) in [6, 6.07) is 14.8. The summed E-state index contributed by atoms with van der Waals surface area (Å²) < 4.78 is 0. The van der Waals surface area contributed by atoms with Crippen molar-refractivity contribution in [1.82, 2.24) is 20.6 Å². The van der Waals surface area contributed by atoms with Crippen LogP contribution in [0.15, 0.2) is 60.9 Å². The monoisotopic (exact) mass is 430 g/mol.